The lowest BCUT2D eigenvalue weighted by atomic mass is 10.3. The summed E-state index contributed by atoms with van der Waals surface area (Å²) in [4.78, 5) is 0. The first-order valence-electron chi connectivity index (χ1n) is 2.05. The van der Waals surface area contributed by atoms with Gasteiger partial charge in [0.25, 0.3) is 0 Å². The lowest BCUT2D eigenvalue weighted by Crippen LogP contribution is -1.64. The highest BCUT2D eigenvalue weighted by atomic mass is 16.2. The van der Waals surface area contributed by atoms with Gasteiger partial charge in [-0.1, -0.05) is 5.92 Å². The van der Waals surface area contributed by atoms with E-state index in [2.05, 4.69) is 11.8 Å². The summed E-state index contributed by atoms with van der Waals surface area (Å²) in [7, 11) is 0. The molecule has 0 rings (SSSR count). The van der Waals surface area contributed by atoms with Crippen molar-refractivity contribution in [2.24, 2.45) is 0 Å². The Labute approximate surface area is 43.7 Å². The predicted molar refractivity (Wildman–Crippen MR) is 29.8 cm³/mol. The molecule has 0 radical (unpaired) electrons. The molecular formula is C6H8O. The highest BCUT2D eigenvalue weighted by Crippen LogP contribution is 1.82. The molecule has 0 aliphatic rings. The maximum absolute atomic E-state index is 8.20. The third-order valence-electron chi connectivity index (χ3n) is 0.516. The molecule has 1 heteroatoms. The first-order chi connectivity index (χ1) is 3.31. The Balaban J connectivity index is 3.75. The van der Waals surface area contributed by atoms with Crippen LogP contribution in [-0.2, 0) is 0 Å². The van der Waals surface area contributed by atoms with Crippen molar-refractivity contribution in [1.29, 1.82) is 0 Å². The summed E-state index contributed by atoms with van der Waals surface area (Å²) in [5.74, 6) is 5.30. The SMILES string of the molecule is CC#C/C(C)=C/O. The molecule has 0 atom stereocenters. The van der Waals surface area contributed by atoms with Gasteiger partial charge in [-0.2, -0.15) is 0 Å². The highest BCUT2D eigenvalue weighted by Gasteiger charge is 1.71. The van der Waals surface area contributed by atoms with Gasteiger partial charge in [0.1, 0.15) is 0 Å². The van der Waals surface area contributed by atoms with E-state index in [0.29, 0.717) is 5.57 Å². The van der Waals surface area contributed by atoms with E-state index >= 15 is 0 Å². The highest BCUT2D eigenvalue weighted by molar-refractivity contribution is 5.23. The van der Waals surface area contributed by atoms with Gasteiger partial charge in [-0.05, 0) is 13.8 Å². The van der Waals surface area contributed by atoms with Gasteiger partial charge in [-0.15, -0.1) is 5.92 Å². The van der Waals surface area contributed by atoms with Crippen molar-refractivity contribution in [3.05, 3.63) is 11.8 Å². The Hall–Kier alpha value is -0.900. The molecule has 0 saturated carbocycles. The lowest BCUT2D eigenvalue weighted by molar-refractivity contribution is 0.469. The van der Waals surface area contributed by atoms with E-state index in [0.717, 1.165) is 6.26 Å². The third-order valence-corrected chi connectivity index (χ3v) is 0.516. The average molecular weight is 96.1 g/mol. The van der Waals surface area contributed by atoms with Crippen molar-refractivity contribution in [3.8, 4) is 11.8 Å². The molecule has 0 aliphatic heterocycles. The summed E-state index contributed by atoms with van der Waals surface area (Å²) < 4.78 is 0. The average Bonchev–Trinajstić information content (AvgIpc) is 1.68. The van der Waals surface area contributed by atoms with E-state index in [9.17, 15) is 0 Å². The summed E-state index contributed by atoms with van der Waals surface area (Å²) in [6.07, 6.45) is 0.997. The monoisotopic (exact) mass is 96.1 g/mol. The second kappa shape index (κ2) is 3.30. The lowest BCUT2D eigenvalue weighted by Gasteiger charge is -1.75. The Bertz CT molecular complexity index is 123. The Morgan fingerprint density at radius 2 is 2.29 bits per heavy atom. The molecule has 0 bridgehead atoms. The zero-order valence-corrected chi connectivity index (χ0v) is 4.52. The first kappa shape index (κ1) is 6.10. The fourth-order valence-electron chi connectivity index (χ4n) is 0.229. The van der Waals surface area contributed by atoms with Crippen LogP contribution in [0.2, 0.25) is 0 Å². The molecule has 0 aromatic rings. The molecule has 0 amide bonds. The molecule has 0 saturated heterocycles. The molecule has 7 heavy (non-hydrogen) atoms. The van der Waals surface area contributed by atoms with Crippen LogP contribution < -0.4 is 0 Å². The number of hydrogen-bond acceptors (Lipinski definition) is 1. The van der Waals surface area contributed by atoms with Gasteiger partial charge in [-0.3, -0.25) is 0 Å². The van der Waals surface area contributed by atoms with Gasteiger partial charge in [0, 0.05) is 5.57 Å². The summed E-state index contributed by atoms with van der Waals surface area (Å²) in [6.45, 7) is 3.48. The molecule has 0 spiro atoms. The van der Waals surface area contributed by atoms with E-state index in [1.807, 2.05) is 0 Å². The van der Waals surface area contributed by atoms with Gasteiger partial charge in [-0.25, -0.2) is 0 Å². The van der Waals surface area contributed by atoms with Crippen LogP contribution in [0.15, 0.2) is 11.8 Å². The van der Waals surface area contributed by atoms with Gasteiger partial charge < -0.3 is 5.11 Å². The molecular weight excluding hydrogens is 88.1 g/mol. The first-order valence-corrected chi connectivity index (χ1v) is 2.05. The molecule has 0 unspecified atom stereocenters. The van der Waals surface area contributed by atoms with Crippen LogP contribution in [0.1, 0.15) is 13.8 Å². The second-order valence-corrected chi connectivity index (χ2v) is 1.19. The quantitative estimate of drug-likeness (QED) is 0.357. The van der Waals surface area contributed by atoms with Crippen molar-refractivity contribution in [3.63, 3.8) is 0 Å². The van der Waals surface area contributed by atoms with Crippen molar-refractivity contribution in [1.82, 2.24) is 0 Å². The summed E-state index contributed by atoms with van der Waals surface area (Å²) in [5, 5.41) is 8.20. The van der Waals surface area contributed by atoms with Crippen LogP contribution in [0, 0.1) is 11.8 Å². The fraction of sp³-hybridized carbons (Fsp3) is 0.333. The summed E-state index contributed by atoms with van der Waals surface area (Å²) >= 11 is 0. The molecule has 38 valence electrons. The molecule has 0 heterocycles. The smallest absolute Gasteiger partial charge is 0.0904 e. The maximum Gasteiger partial charge on any atom is 0.0904 e. The zero-order valence-electron chi connectivity index (χ0n) is 4.52. The van der Waals surface area contributed by atoms with Crippen molar-refractivity contribution in [2.45, 2.75) is 13.8 Å². The van der Waals surface area contributed by atoms with E-state index in [1.54, 1.807) is 13.8 Å². The Kier molecular flexibility index (Phi) is 2.87. The minimum atomic E-state index is 0.697. The van der Waals surface area contributed by atoms with Gasteiger partial charge in [0.05, 0.1) is 6.26 Å². The third kappa shape index (κ3) is 2.92. The van der Waals surface area contributed by atoms with Crippen LogP contribution in [0.3, 0.4) is 0 Å². The number of allylic oxidation sites excluding steroid dienone is 1. The number of aliphatic hydroxyl groups excluding tert-OH is 1. The van der Waals surface area contributed by atoms with Crippen LogP contribution in [-0.4, -0.2) is 5.11 Å². The second-order valence-electron chi connectivity index (χ2n) is 1.19. The van der Waals surface area contributed by atoms with Crippen LogP contribution in [0.5, 0.6) is 0 Å². The topological polar surface area (TPSA) is 20.2 Å². The largest absolute Gasteiger partial charge is 0.515 e. The Morgan fingerprint density at radius 1 is 1.71 bits per heavy atom. The maximum atomic E-state index is 8.20. The van der Waals surface area contributed by atoms with E-state index in [4.69, 9.17) is 5.11 Å². The minimum Gasteiger partial charge on any atom is -0.515 e. The van der Waals surface area contributed by atoms with Crippen molar-refractivity contribution >= 4 is 0 Å². The Morgan fingerprint density at radius 3 is 2.43 bits per heavy atom. The number of rotatable bonds is 0. The predicted octanol–water partition coefficient (Wildman–Crippen LogP) is 1.47. The summed E-state index contributed by atoms with van der Waals surface area (Å²) in [5.41, 5.74) is 0.697. The van der Waals surface area contributed by atoms with Gasteiger partial charge >= 0.3 is 0 Å². The molecule has 0 aromatic heterocycles. The van der Waals surface area contributed by atoms with Gasteiger partial charge in [0.15, 0.2) is 0 Å². The normalized spacial score (nSPS) is 9.71. The molecule has 1 N–H and O–H groups in total. The van der Waals surface area contributed by atoms with Crippen molar-refractivity contribution in [2.75, 3.05) is 0 Å². The van der Waals surface area contributed by atoms with E-state index in [-0.39, 0.29) is 0 Å². The fourth-order valence-corrected chi connectivity index (χ4v) is 0.229. The van der Waals surface area contributed by atoms with Crippen LogP contribution in [0.25, 0.3) is 0 Å². The molecule has 0 fully saturated rings. The molecule has 0 aliphatic carbocycles. The molecule has 1 nitrogen and oxygen atoms in total. The van der Waals surface area contributed by atoms with Gasteiger partial charge in [0.2, 0.25) is 0 Å². The number of aliphatic hydroxyl groups is 1. The van der Waals surface area contributed by atoms with E-state index in [1.165, 1.54) is 0 Å². The standard InChI is InChI=1S/C6H8O/c1-3-4-6(2)5-7/h5,7H,1-2H3/b6-5+. The zero-order chi connectivity index (χ0) is 5.70. The minimum absolute atomic E-state index is 0.697. The van der Waals surface area contributed by atoms with Crippen LogP contribution in [0.4, 0.5) is 0 Å². The van der Waals surface area contributed by atoms with Crippen LogP contribution >= 0.6 is 0 Å². The number of hydrogen-bond donors (Lipinski definition) is 1. The van der Waals surface area contributed by atoms with Crippen molar-refractivity contribution < 1.29 is 5.11 Å². The molecule has 0 aromatic carbocycles. The van der Waals surface area contributed by atoms with E-state index < -0.39 is 0 Å². The summed E-state index contributed by atoms with van der Waals surface area (Å²) in [6, 6.07) is 0.